The molecule has 0 saturated carbocycles. The van der Waals surface area contributed by atoms with E-state index in [4.69, 9.17) is 0 Å². The van der Waals surface area contributed by atoms with E-state index in [1.807, 2.05) is 0 Å². The molecule has 0 rings (SSSR count). The summed E-state index contributed by atoms with van der Waals surface area (Å²) in [4.78, 5) is 3.00. The zero-order chi connectivity index (χ0) is 7.15. The van der Waals surface area contributed by atoms with Crippen molar-refractivity contribution in [3.05, 3.63) is 28.2 Å². The van der Waals surface area contributed by atoms with E-state index in [1.165, 1.54) is 9.80 Å². The van der Waals surface area contributed by atoms with Gasteiger partial charge in [0, 0.05) is 0 Å². The number of hydrogen-bond donors (Lipinski definition) is 0. The average Bonchev–Trinajstić information content (AvgIpc) is 1.25. The van der Waals surface area contributed by atoms with E-state index in [1.54, 1.807) is 14.1 Å². The van der Waals surface area contributed by atoms with Gasteiger partial charge >= 0.3 is 21.7 Å². The molecule has 0 bridgehead atoms. The van der Waals surface area contributed by atoms with Crippen LogP contribution in [-0.2, 0) is 21.7 Å². The number of hydrogen-bond acceptors (Lipinski definition) is 2. The van der Waals surface area contributed by atoms with Crippen molar-refractivity contribution in [3.63, 3.8) is 0 Å². The molecule has 0 aromatic heterocycles. The van der Waals surface area contributed by atoms with Crippen molar-refractivity contribution in [3.8, 4) is 0 Å². The average molecular weight is 162 g/mol. The minimum Gasteiger partial charge on any atom is -0.613 e. The maximum absolute atomic E-state index is 3.36. The van der Waals surface area contributed by atoms with E-state index < -0.39 is 0 Å². The summed E-state index contributed by atoms with van der Waals surface area (Å²) in [6.07, 6.45) is 0. The summed E-state index contributed by atoms with van der Waals surface area (Å²) >= 11 is 0. The van der Waals surface area contributed by atoms with Crippen molar-refractivity contribution < 1.29 is 21.7 Å². The van der Waals surface area contributed by atoms with Gasteiger partial charge < -0.3 is 38.0 Å². The maximum atomic E-state index is 3.36. The van der Waals surface area contributed by atoms with Crippen LogP contribution in [0.3, 0.4) is 0 Å². The molecular formula is C6H14N2Ti. The zero-order valence-corrected chi connectivity index (χ0v) is 7.78. The molecule has 3 heteroatoms. The van der Waals surface area contributed by atoms with Crippen LogP contribution < -0.4 is 0 Å². The maximum Gasteiger partial charge on any atom is 4.00 e. The normalized spacial score (nSPS) is 8.00. The van der Waals surface area contributed by atoms with Gasteiger partial charge in [0.1, 0.15) is 0 Å². The second-order valence-corrected chi connectivity index (χ2v) is 1.71. The van der Waals surface area contributed by atoms with Crippen LogP contribution in [0.5, 0.6) is 0 Å². The van der Waals surface area contributed by atoms with Crippen molar-refractivity contribution in [2.24, 2.45) is 0 Å². The van der Waals surface area contributed by atoms with Gasteiger partial charge in [-0.1, -0.05) is 14.1 Å². The molecule has 0 spiro atoms. The van der Waals surface area contributed by atoms with Crippen LogP contribution in [-0.4, -0.2) is 23.9 Å². The molecule has 9 heavy (non-hydrogen) atoms. The predicted molar refractivity (Wildman–Crippen MR) is 37.0 cm³/mol. The molecule has 0 aliphatic heterocycles. The van der Waals surface area contributed by atoms with Crippen molar-refractivity contribution in [1.29, 1.82) is 0 Å². The molecule has 0 N–H and O–H groups in total. The molecule has 0 aromatic carbocycles. The van der Waals surface area contributed by atoms with Crippen molar-refractivity contribution >= 4 is 0 Å². The van der Waals surface area contributed by atoms with E-state index in [9.17, 15) is 0 Å². The molecule has 0 radical (unpaired) electrons. The Kier molecular flexibility index (Phi) is 20.7. The van der Waals surface area contributed by atoms with E-state index in [2.05, 4.69) is 28.2 Å². The first-order valence-electron chi connectivity index (χ1n) is 2.16. The van der Waals surface area contributed by atoms with Gasteiger partial charge in [-0.15, -0.1) is 0 Å². The summed E-state index contributed by atoms with van der Waals surface area (Å²) in [7, 11) is 17.0. The van der Waals surface area contributed by atoms with Crippen LogP contribution in [0.1, 0.15) is 0 Å². The van der Waals surface area contributed by atoms with E-state index in [-0.39, 0.29) is 21.7 Å². The van der Waals surface area contributed by atoms with Gasteiger partial charge in [0.05, 0.1) is 0 Å². The van der Waals surface area contributed by atoms with Crippen molar-refractivity contribution in [2.45, 2.75) is 0 Å². The molecule has 0 atom stereocenters. The van der Waals surface area contributed by atoms with Crippen LogP contribution >= 0.6 is 0 Å². The van der Waals surface area contributed by atoms with Crippen LogP contribution in [0, 0.1) is 28.2 Å². The topological polar surface area (TPSA) is 6.48 Å². The van der Waals surface area contributed by atoms with Gasteiger partial charge in [-0.05, 0) is 0 Å². The molecular weight excluding hydrogens is 148 g/mol. The second kappa shape index (κ2) is 11.4. The third-order valence-electron chi connectivity index (χ3n) is 0. The fourth-order valence-corrected chi connectivity index (χ4v) is 0. The fourth-order valence-electron chi connectivity index (χ4n) is 0. The fraction of sp³-hybridized carbons (Fsp3) is 0.333. The molecule has 0 unspecified atom stereocenters. The Hall–Kier alpha value is 0.634. The van der Waals surface area contributed by atoms with Crippen LogP contribution in [0.15, 0.2) is 0 Å². The summed E-state index contributed by atoms with van der Waals surface area (Å²) in [6.45, 7) is 0. The van der Waals surface area contributed by atoms with Gasteiger partial charge in [-0.2, -0.15) is 0 Å². The Balaban J connectivity index is -0.0000000720. The van der Waals surface area contributed by atoms with Gasteiger partial charge in [0.15, 0.2) is 0 Å². The number of nitrogens with zero attached hydrogens (tertiary/aromatic N) is 2. The van der Waals surface area contributed by atoms with Crippen LogP contribution in [0.4, 0.5) is 0 Å². The Bertz CT molecular complexity index is 26.5. The summed E-state index contributed by atoms with van der Waals surface area (Å²) in [5, 5.41) is 0. The Morgan fingerprint density at radius 3 is 0.778 bits per heavy atom. The van der Waals surface area contributed by atoms with Crippen molar-refractivity contribution in [2.75, 3.05) is 14.1 Å². The van der Waals surface area contributed by atoms with Crippen molar-refractivity contribution in [1.82, 2.24) is 9.80 Å². The minimum absolute atomic E-state index is 0. The van der Waals surface area contributed by atoms with Crippen LogP contribution in [0.2, 0.25) is 0 Å². The Morgan fingerprint density at radius 2 is 0.778 bits per heavy atom. The van der Waals surface area contributed by atoms with Gasteiger partial charge in [0.2, 0.25) is 0 Å². The first kappa shape index (κ1) is 16.3. The molecule has 0 amide bonds. The molecule has 52 valence electrons. The SMILES string of the molecule is [CH2-]N([CH2-])C.[CH2-]N([CH2-])C.[Ti+4]. The molecule has 0 aliphatic carbocycles. The molecule has 0 aromatic rings. The van der Waals surface area contributed by atoms with Crippen LogP contribution in [0.25, 0.3) is 0 Å². The third kappa shape index (κ3) is 945. The largest absolute Gasteiger partial charge is 4.00 e. The summed E-state index contributed by atoms with van der Waals surface area (Å²) in [5.41, 5.74) is 0. The third-order valence-corrected chi connectivity index (χ3v) is 0. The first-order valence-corrected chi connectivity index (χ1v) is 2.16. The van der Waals surface area contributed by atoms with Gasteiger partial charge in [0.25, 0.3) is 0 Å². The second-order valence-electron chi connectivity index (χ2n) is 1.71. The molecule has 0 saturated heterocycles. The monoisotopic (exact) mass is 162 g/mol. The summed E-state index contributed by atoms with van der Waals surface area (Å²) in [6, 6.07) is 0. The summed E-state index contributed by atoms with van der Waals surface area (Å²) < 4.78 is 0. The summed E-state index contributed by atoms with van der Waals surface area (Å²) in [5.74, 6) is 0. The number of rotatable bonds is 0. The Morgan fingerprint density at radius 1 is 0.778 bits per heavy atom. The first-order chi connectivity index (χ1) is 3.46. The quantitative estimate of drug-likeness (QED) is 0.387. The van der Waals surface area contributed by atoms with E-state index in [0.29, 0.717) is 0 Å². The standard InChI is InChI=1S/2C3H7N.Ti/c2*1-4(2)3;/h2*1-2H2,3H3;/q2*-2;+4. The van der Waals surface area contributed by atoms with Gasteiger partial charge in [-0.3, -0.25) is 0 Å². The molecule has 0 aliphatic rings. The zero-order valence-electron chi connectivity index (χ0n) is 6.22. The van der Waals surface area contributed by atoms with Gasteiger partial charge in [-0.25, -0.2) is 0 Å². The predicted octanol–water partition coefficient (Wildman–Crippen LogP) is 1.00. The molecule has 2 nitrogen and oxygen atoms in total. The van der Waals surface area contributed by atoms with E-state index in [0.717, 1.165) is 0 Å². The van der Waals surface area contributed by atoms with E-state index >= 15 is 0 Å². The molecule has 0 fully saturated rings. The molecule has 0 heterocycles. The minimum atomic E-state index is 0. The Labute approximate surface area is 74.1 Å². The smallest absolute Gasteiger partial charge is 0.613 e.